The lowest BCUT2D eigenvalue weighted by molar-refractivity contribution is 0.0279. The Labute approximate surface area is 178 Å². The Kier molecular flexibility index (Phi) is 7.02. The van der Waals surface area contributed by atoms with Gasteiger partial charge in [-0.2, -0.15) is 0 Å². The summed E-state index contributed by atoms with van der Waals surface area (Å²) < 4.78 is 16.4. The Morgan fingerprint density at radius 1 is 1.20 bits per heavy atom. The van der Waals surface area contributed by atoms with E-state index in [9.17, 15) is 4.79 Å². The normalized spacial score (nSPS) is 17.9. The lowest BCUT2D eigenvalue weighted by Crippen LogP contribution is -2.45. The van der Waals surface area contributed by atoms with Crippen molar-refractivity contribution in [1.29, 1.82) is 0 Å². The van der Waals surface area contributed by atoms with E-state index in [1.807, 2.05) is 29.2 Å². The molecular weight excluding hydrogens is 382 g/mol. The molecule has 1 aromatic heterocycles. The number of ether oxygens (including phenoxy) is 2. The van der Waals surface area contributed by atoms with E-state index in [0.29, 0.717) is 24.7 Å². The van der Waals surface area contributed by atoms with E-state index in [1.165, 1.54) is 32.3 Å². The minimum atomic E-state index is -0.0529. The molecule has 30 heavy (non-hydrogen) atoms. The molecular formula is C23H31N3O4. The largest absolute Gasteiger partial charge is 0.497 e. The van der Waals surface area contributed by atoms with Crippen molar-refractivity contribution in [2.75, 3.05) is 46.5 Å². The maximum absolute atomic E-state index is 13.6. The Hall–Kier alpha value is -2.38. The molecule has 2 saturated heterocycles. The molecule has 0 N–H and O–H groups in total. The number of hydrogen-bond donors (Lipinski definition) is 0. The molecule has 7 heteroatoms. The lowest BCUT2D eigenvalue weighted by Gasteiger charge is -2.34. The molecule has 162 valence electrons. The number of nitrogens with zero attached hydrogens (tertiary/aromatic N) is 3. The molecule has 0 spiro atoms. The van der Waals surface area contributed by atoms with E-state index in [1.54, 1.807) is 7.11 Å². The van der Waals surface area contributed by atoms with Gasteiger partial charge in [-0.15, -0.1) is 0 Å². The second-order valence-electron chi connectivity index (χ2n) is 8.00. The number of methoxy groups -OCH3 is 1. The number of benzene rings is 1. The van der Waals surface area contributed by atoms with Crippen molar-refractivity contribution in [3.8, 4) is 17.1 Å². The van der Waals surface area contributed by atoms with E-state index in [0.717, 1.165) is 43.7 Å². The van der Waals surface area contributed by atoms with Crippen LogP contribution in [0.4, 0.5) is 0 Å². The van der Waals surface area contributed by atoms with Gasteiger partial charge < -0.3 is 23.7 Å². The average Bonchev–Trinajstić information content (AvgIpc) is 3.49. The van der Waals surface area contributed by atoms with Crippen LogP contribution in [0, 0.1) is 0 Å². The Morgan fingerprint density at radius 3 is 2.63 bits per heavy atom. The van der Waals surface area contributed by atoms with Gasteiger partial charge in [0, 0.05) is 31.4 Å². The predicted octanol–water partition coefficient (Wildman–Crippen LogP) is 3.46. The number of likely N-dealkylation sites (tertiary alicyclic amines) is 1. The summed E-state index contributed by atoms with van der Waals surface area (Å²) in [6.07, 6.45) is 6.63. The Morgan fingerprint density at radius 2 is 1.93 bits per heavy atom. The van der Waals surface area contributed by atoms with Crippen LogP contribution in [-0.2, 0) is 4.74 Å². The fourth-order valence-corrected chi connectivity index (χ4v) is 4.40. The van der Waals surface area contributed by atoms with Gasteiger partial charge in [0.05, 0.1) is 7.11 Å². The summed E-state index contributed by atoms with van der Waals surface area (Å²) in [6.45, 7) is 5.52. The molecule has 0 atom stereocenters. The van der Waals surface area contributed by atoms with Crippen molar-refractivity contribution >= 4 is 5.91 Å². The van der Waals surface area contributed by atoms with E-state index in [-0.39, 0.29) is 11.9 Å². The molecule has 0 bridgehead atoms. The second-order valence-corrected chi connectivity index (χ2v) is 8.00. The number of rotatable bonds is 8. The minimum absolute atomic E-state index is 0.0529. The fourth-order valence-electron chi connectivity index (χ4n) is 4.40. The van der Waals surface area contributed by atoms with Gasteiger partial charge in [0.2, 0.25) is 0 Å². The third-order valence-electron chi connectivity index (χ3n) is 6.09. The first-order valence-corrected chi connectivity index (χ1v) is 11.0. The van der Waals surface area contributed by atoms with Gasteiger partial charge in [-0.05, 0) is 76.0 Å². The summed E-state index contributed by atoms with van der Waals surface area (Å²) in [5, 5.41) is 0. The van der Waals surface area contributed by atoms with E-state index >= 15 is 0 Å². The summed E-state index contributed by atoms with van der Waals surface area (Å²) in [6, 6.07) is 7.69. The zero-order valence-electron chi connectivity index (χ0n) is 17.7. The van der Waals surface area contributed by atoms with Gasteiger partial charge in [0.25, 0.3) is 5.91 Å². The van der Waals surface area contributed by atoms with Crippen LogP contribution < -0.4 is 4.74 Å². The molecule has 3 heterocycles. The fraction of sp³-hybridized carbons (Fsp3) is 0.565. The molecule has 0 aliphatic carbocycles. The predicted molar refractivity (Wildman–Crippen MR) is 114 cm³/mol. The average molecular weight is 414 g/mol. The molecule has 1 amide bonds. The SMILES string of the molecule is COc1ccc(-c2ocnc2C(=O)N(CCCN2CCCC2)C2CCOCC2)cc1. The molecule has 0 unspecified atom stereocenters. The molecule has 0 saturated carbocycles. The van der Waals surface area contributed by atoms with Crippen LogP contribution in [0.25, 0.3) is 11.3 Å². The molecule has 2 aliphatic rings. The first-order chi connectivity index (χ1) is 14.8. The van der Waals surface area contributed by atoms with Crippen molar-refractivity contribution in [2.45, 2.75) is 38.1 Å². The molecule has 7 nitrogen and oxygen atoms in total. The maximum Gasteiger partial charge on any atom is 0.276 e. The monoisotopic (exact) mass is 413 g/mol. The summed E-state index contributed by atoms with van der Waals surface area (Å²) in [5.41, 5.74) is 1.20. The second kappa shape index (κ2) is 10.1. The van der Waals surface area contributed by atoms with Gasteiger partial charge in [0.1, 0.15) is 5.75 Å². The summed E-state index contributed by atoms with van der Waals surface area (Å²) >= 11 is 0. The third-order valence-corrected chi connectivity index (χ3v) is 6.09. The first-order valence-electron chi connectivity index (χ1n) is 11.0. The number of amides is 1. The molecule has 4 rings (SSSR count). The van der Waals surface area contributed by atoms with Crippen LogP contribution >= 0.6 is 0 Å². The van der Waals surface area contributed by atoms with Crippen LogP contribution in [0.5, 0.6) is 5.75 Å². The van der Waals surface area contributed by atoms with Crippen LogP contribution in [0.1, 0.15) is 42.6 Å². The van der Waals surface area contributed by atoms with Crippen molar-refractivity contribution < 1.29 is 18.7 Å². The van der Waals surface area contributed by atoms with Gasteiger partial charge in [-0.1, -0.05) is 0 Å². The van der Waals surface area contributed by atoms with Crippen molar-refractivity contribution in [3.05, 3.63) is 36.4 Å². The van der Waals surface area contributed by atoms with Crippen molar-refractivity contribution in [2.24, 2.45) is 0 Å². The third kappa shape index (κ3) is 4.84. The summed E-state index contributed by atoms with van der Waals surface area (Å²) in [4.78, 5) is 22.4. The summed E-state index contributed by atoms with van der Waals surface area (Å²) in [7, 11) is 1.63. The van der Waals surface area contributed by atoms with Gasteiger partial charge in [-0.3, -0.25) is 4.79 Å². The first kappa shape index (κ1) is 20.9. The number of hydrogen-bond acceptors (Lipinski definition) is 6. The molecule has 2 aromatic rings. The van der Waals surface area contributed by atoms with E-state index < -0.39 is 0 Å². The minimum Gasteiger partial charge on any atom is -0.497 e. The lowest BCUT2D eigenvalue weighted by atomic mass is 10.0. The number of carbonyl (C=O) groups is 1. The van der Waals surface area contributed by atoms with E-state index in [2.05, 4.69) is 9.88 Å². The highest BCUT2D eigenvalue weighted by Crippen LogP contribution is 2.28. The highest BCUT2D eigenvalue weighted by molar-refractivity contribution is 5.97. The highest BCUT2D eigenvalue weighted by atomic mass is 16.5. The standard InChI is InChI=1S/C23H31N3O4/c1-28-20-7-5-18(6-8-20)22-21(24-17-30-22)23(27)26(19-9-15-29-16-10-19)14-4-13-25-11-2-3-12-25/h5-8,17,19H,2-4,9-16H2,1H3. The molecule has 0 radical (unpaired) electrons. The van der Waals surface area contributed by atoms with Crippen LogP contribution in [0.15, 0.2) is 35.1 Å². The molecule has 2 fully saturated rings. The van der Waals surface area contributed by atoms with Crippen molar-refractivity contribution in [3.63, 3.8) is 0 Å². The van der Waals surface area contributed by atoms with Gasteiger partial charge in [-0.25, -0.2) is 4.98 Å². The quantitative estimate of drug-likeness (QED) is 0.660. The zero-order chi connectivity index (χ0) is 20.8. The van der Waals surface area contributed by atoms with Crippen LogP contribution in [0.2, 0.25) is 0 Å². The number of carbonyl (C=O) groups excluding carboxylic acids is 1. The van der Waals surface area contributed by atoms with Crippen LogP contribution in [-0.4, -0.2) is 73.2 Å². The topological polar surface area (TPSA) is 68.0 Å². The van der Waals surface area contributed by atoms with Crippen molar-refractivity contribution in [1.82, 2.24) is 14.8 Å². The van der Waals surface area contributed by atoms with E-state index in [4.69, 9.17) is 13.9 Å². The Bertz CT molecular complexity index is 808. The smallest absolute Gasteiger partial charge is 0.276 e. The maximum atomic E-state index is 13.6. The zero-order valence-corrected chi connectivity index (χ0v) is 17.7. The molecule has 1 aromatic carbocycles. The summed E-state index contributed by atoms with van der Waals surface area (Å²) in [5.74, 6) is 1.22. The number of aromatic nitrogens is 1. The van der Waals surface area contributed by atoms with Gasteiger partial charge >= 0.3 is 0 Å². The number of oxazole rings is 1. The highest BCUT2D eigenvalue weighted by Gasteiger charge is 2.30. The molecule has 2 aliphatic heterocycles. The Balaban J connectivity index is 1.51. The van der Waals surface area contributed by atoms with Crippen LogP contribution in [0.3, 0.4) is 0 Å². The van der Waals surface area contributed by atoms with Gasteiger partial charge in [0.15, 0.2) is 17.8 Å².